The van der Waals surface area contributed by atoms with Gasteiger partial charge in [-0.2, -0.15) is 0 Å². The molecule has 1 aromatic heterocycles. The van der Waals surface area contributed by atoms with Crippen LogP contribution in [0, 0.1) is 0 Å². The van der Waals surface area contributed by atoms with Crippen LogP contribution in [-0.2, 0) is 11.2 Å². The first-order chi connectivity index (χ1) is 9.79. The third-order valence-electron chi connectivity index (χ3n) is 3.85. The van der Waals surface area contributed by atoms with E-state index in [2.05, 4.69) is 57.0 Å². The molecule has 1 aromatic carbocycles. The summed E-state index contributed by atoms with van der Waals surface area (Å²) in [5.41, 5.74) is 2.79. The van der Waals surface area contributed by atoms with E-state index in [4.69, 9.17) is 4.74 Å². The van der Waals surface area contributed by atoms with E-state index in [1.165, 1.54) is 20.5 Å². The smallest absolute Gasteiger partial charge is 0.0846 e. The molecule has 4 heteroatoms. The van der Waals surface area contributed by atoms with Crippen molar-refractivity contribution < 1.29 is 4.74 Å². The van der Waals surface area contributed by atoms with Crippen LogP contribution in [-0.4, -0.2) is 13.7 Å². The number of thiophene rings is 1. The summed E-state index contributed by atoms with van der Waals surface area (Å²) in [6.45, 7) is 0.823. The molecule has 0 saturated heterocycles. The Morgan fingerprint density at radius 2 is 2.25 bits per heavy atom. The molecular weight excluding hydrogens is 334 g/mol. The van der Waals surface area contributed by atoms with Crippen molar-refractivity contribution in [3.63, 3.8) is 0 Å². The molecule has 1 N–H and O–H groups in total. The van der Waals surface area contributed by atoms with Gasteiger partial charge < -0.3 is 10.1 Å². The maximum absolute atomic E-state index is 6.02. The molecule has 0 bridgehead atoms. The second-order valence-electron chi connectivity index (χ2n) is 5.02. The zero-order chi connectivity index (χ0) is 13.9. The van der Waals surface area contributed by atoms with E-state index in [9.17, 15) is 0 Å². The summed E-state index contributed by atoms with van der Waals surface area (Å²) < 4.78 is 7.21. The lowest BCUT2D eigenvalue weighted by atomic mass is 9.93. The molecule has 2 nitrogen and oxygen atoms in total. The fourth-order valence-corrected chi connectivity index (χ4v) is 4.57. The van der Waals surface area contributed by atoms with Gasteiger partial charge in [-0.05, 0) is 58.4 Å². The second-order valence-corrected chi connectivity index (χ2v) is 6.82. The van der Waals surface area contributed by atoms with Crippen molar-refractivity contribution in [3.8, 4) is 0 Å². The van der Waals surface area contributed by atoms with Gasteiger partial charge in [0.05, 0.1) is 12.7 Å². The van der Waals surface area contributed by atoms with Gasteiger partial charge in [0.1, 0.15) is 0 Å². The zero-order valence-corrected chi connectivity index (χ0v) is 13.8. The Balaban J connectivity index is 1.82. The number of ether oxygens (including phenoxy) is 1. The molecule has 106 valence electrons. The fourth-order valence-electron chi connectivity index (χ4n) is 2.80. The zero-order valence-electron chi connectivity index (χ0n) is 11.4. The minimum Gasteiger partial charge on any atom is -0.373 e. The maximum Gasteiger partial charge on any atom is 0.0846 e. The molecular formula is C16H18BrNOS. The largest absolute Gasteiger partial charge is 0.373 e. The Hall–Kier alpha value is -0.680. The fraction of sp³-hybridized carbons (Fsp3) is 0.375. The Labute approximate surface area is 132 Å². The Morgan fingerprint density at radius 1 is 1.40 bits per heavy atom. The van der Waals surface area contributed by atoms with Crippen LogP contribution < -0.4 is 5.32 Å². The van der Waals surface area contributed by atoms with Gasteiger partial charge in [-0.3, -0.25) is 0 Å². The van der Waals surface area contributed by atoms with Crippen LogP contribution >= 0.6 is 27.3 Å². The standard InChI is InChI=1S/C16H18BrNOS/c1-18-14(16-13(17)7-9-20-16)10-15-12-5-3-2-4-11(12)6-8-19-15/h2-5,7,9,14-15,18H,6,8,10H2,1H3. The highest BCUT2D eigenvalue weighted by Crippen LogP contribution is 2.38. The lowest BCUT2D eigenvalue weighted by Crippen LogP contribution is -2.23. The van der Waals surface area contributed by atoms with Crippen molar-refractivity contribution in [1.82, 2.24) is 5.32 Å². The minimum atomic E-state index is 0.186. The molecule has 0 saturated carbocycles. The van der Waals surface area contributed by atoms with E-state index in [-0.39, 0.29) is 6.10 Å². The van der Waals surface area contributed by atoms with Crippen molar-refractivity contribution in [2.45, 2.75) is 25.0 Å². The topological polar surface area (TPSA) is 21.3 Å². The first kappa shape index (κ1) is 14.3. The van der Waals surface area contributed by atoms with Gasteiger partial charge >= 0.3 is 0 Å². The summed E-state index contributed by atoms with van der Waals surface area (Å²) in [5, 5.41) is 5.55. The lowest BCUT2D eigenvalue weighted by molar-refractivity contribution is 0.0300. The van der Waals surface area contributed by atoms with E-state index in [1.54, 1.807) is 11.3 Å². The van der Waals surface area contributed by atoms with Crippen LogP contribution in [0.4, 0.5) is 0 Å². The van der Waals surface area contributed by atoms with Gasteiger partial charge in [0.25, 0.3) is 0 Å². The molecule has 1 aliphatic rings. The quantitative estimate of drug-likeness (QED) is 0.876. The van der Waals surface area contributed by atoms with Gasteiger partial charge in [0, 0.05) is 15.4 Å². The van der Waals surface area contributed by atoms with E-state index in [1.807, 2.05) is 7.05 Å². The van der Waals surface area contributed by atoms with Crippen molar-refractivity contribution in [1.29, 1.82) is 0 Å². The van der Waals surface area contributed by atoms with E-state index >= 15 is 0 Å². The Kier molecular flexibility index (Phi) is 4.56. The normalized spacial score (nSPS) is 19.6. The van der Waals surface area contributed by atoms with Gasteiger partial charge in [0.15, 0.2) is 0 Å². The Morgan fingerprint density at radius 3 is 3.00 bits per heavy atom. The number of hydrogen-bond acceptors (Lipinski definition) is 3. The number of hydrogen-bond donors (Lipinski definition) is 1. The van der Waals surface area contributed by atoms with Crippen LogP contribution in [0.3, 0.4) is 0 Å². The van der Waals surface area contributed by atoms with Crippen LogP contribution in [0.25, 0.3) is 0 Å². The van der Waals surface area contributed by atoms with E-state index in [0.717, 1.165) is 19.4 Å². The molecule has 1 aliphatic heterocycles. The molecule has 0 aliphatic carbocycles. The molecule has 3 rings (SSSR count). The van der Waals surface area contributed by atoms with Crippen molar-refractivity contribution >= 4 is 27.3 Å². The third-order valence-corrected chi connectivity index (χ3v) is 5.84. The summed E-state index contributed by atoms with van der Waals surface area (Å²) in [6.07, 6.45) is 2.18. The SMILES string of the molecule is CNC(CC1OCCc2ccccc21)c1sccc1Br. The van der Waals surface area contributed by atoms with Gasteiger partial charge in [-0.25, -0.2) is 0 Å². The van der Waals surface area contributed by atoms with Crippen LogP contribution in [0.5, 0.6) is 0 Å². The minimum absolute atomic E-state index is 0.186. The molecule has 2 atom stereocenters. The average molecular weight is 352 g/mol. The summed E-state index contributed by atoms with van der Waals surface area (Å²) in [4.78, 5) is 1.35. The summed E-state index contributed by atoms with van der Waals surface area (Å²) in [5.74, 6) is 0. The molecule has 2 heterocycles. The third kappa shape index (κ3) is 2.84. The summed E-state index contributed by atoms with van der Waals surface area (Å²) >= 11 is 5.42. The molecule has 20 heavy (non-hydrogen) atoms. The van der Waals surface area contributed by atoms with Crippen molar-refractivity contribution in [2.24, 2.45) is 0 Å². The first-order valence-electron chi connectivity index (χ1n) is 6.89. The maximum atomic E-state index is 6.02. The summed E-state index contributed by atoms with van der Waals surface area (Å²) in [7, 11) is 2.02. The molecule has 2 unspecified atom stereocenters. The van der Waals surface area contributed by atoms with Crippen LogP contribution in [0.2, 0.25) is 0 Å². The van der Waals surface area contributed by atoms with Crippen LogP contribution in [0.15, 0.2) is 40.2 Å². The Bertz CT molecular complexity index is 583. The highest BCUT2D eigenvalue weighted by molar-refractivity contribution is 9.10. The van der Waals surface area contributed by atoms with Gasteiger partial charge in [-0.1, -0.05) is 24.3 Å². The average Bonchev–Trinajstić information content (AvgIpc) is 2.91. The first-order valence-corrected chi connectivity index (χ1v) is 8.56. The lowest BCUT2D eigenvalue weighted by Gasteiger charge is -2.29. The predicted octanol–water partition coefficient (Wildman–Crippen LogP) is 4.48. The van der Waals surface area contributed by atoms with E-state index < -0.39 is 0 Å². The van der Waals surface area contributed by atoms with Gasteiger partial charge in [0.2, 0.25) is 0 Å². The number of fused-ring (bicyclic) bond motifs is 1. The van der Waals surface area contributed by atoms with Crippen molar-refractivity contribution in [3.05, 3.63) is 56.2 Å². The number of nitrogens with one attached hydrogen (secondary N) is 1. The molecule has 0 spiro atoms. The predicted molar refractivity (Wildman–Crippen MR) is 87.3 cm³/mol. The van der Waals surface area contributed by atoms with E-state index in [0.29, 0.717) is 6.04 Å². The number of rotatable bonds is 4. The molecule has 0 amide bonds. The van der Waals surface area contributed by atoms with Gasteiger partial charge in [-0.15, -0.1) is 11.3 Å². The van der Waals surface area contributed by atoms with Crippen LogP contribution in [0.1, 0.15) is 34.6 Å². The number of halogens is 1. The second kappa shape index (κ2) is 6.39. The highest BCUT2D eigenvalue weighted by Gasteiger charge is 2.25. The molecule has 0 radical (unpaired) electrons. The number of benzene rings is 1. The molecule has 0 fully saturated rings. The van der Waals surface area contributed by atoms with Crippen molar-refractivity contribution in [2.75, 3.05) is 13.7 Å². The summed E-state index contributed by atoms with van der Waals surface area (Å²) in [6, 6.07) is 11.1. The highest BCUT2D eigenvalue weighted by atomic mass is 79.9. The monoisotopic (exact) mass is 351 g/mol. The molecule has 2 aromatic rings.